The molecule has 110 valence electrons. The minimum absolute atomic E-state index is 0.0132. The second-order valence-electron chi connectivity index (χ2n) is 6.29. The summed E-state index contributed by atoms with van der Waals surface area (Å²) in [6, 6.07) is -0.0132. The molecule has 0 aliphatic carbocycles. The van der Waals surface area contributed by atoms with Gasteiger partial charge in [-0.3, -0.25) is 4.79 Å². The third-order valence-corrected chi connectivity index (χ3v) is 3.21. The van der Waals surface area contributed by atoms with Crippen LogP contribution in [0.2, 0.25) is 0 Å². The molecule has 0 bridgehead atoms. The fraction of sp³-hybridized carbons (Fsp3) is 0.857. The van der Waals surface area contributed by atoms with Crippen LogP contribution in [0.25, 0.3) is 0 Å². The van der Waals surface area contributed by atoms with Crippen LogP contribution in [-0.4, -0.2) is 54.5 Å². The molecule has 1 N–H and O–H groups in total. The maximum Gasteiger partial charge on any atom is 0.317 e. The predicted octanol–water partition coefficient (Wildman–Crippen LogP) is 1.69. The molecule has 0 spiro atoms. The zero-order valence-corrected chi connectivity index (χ0v) is 12.7. The van der Waals surface area contributed by atoms with Gasteiger partial charge in [0.25, 0.3) is 0 Å². The van der Waals surface area contributed by atoms with Gasteiger partial charge < -0.3 is 15.1 Å². The van der Waals surface area contributed by atoms with E-state index < -0.39 is 0 Å². The van der Waals surface area contributed by atoms with Crippen LogP contribution in [0.3, 0.4) is 0 Å². The number of hydrogen-bond donors (Lipinski definition) is 1. The molecule has 0 aromatic carbocycles. The van der Waals surface area contributed by atoms with E-state index in [-0.39, 0.29) is 17.4 Å². The van der Waals surface area contributed by atoms with Gasteiger partial charge in [0.1, 0.15) is 0 Å². The number of nitrogens with zero attached hydrogens (tertiary/aromatic N) is 2. The molecule has 1 saturated heterocycles. The number of hydrogen-bond acceptors (Lipinski definition) is 2. The molecule has 5 nitrogen and oxygen atoms in total. The van der Waals surface area contributed by atoms with Gasteiger partial charge in [-0.1, -0.05) is 27.7 Å². The average Bonchev–Trinajstić information content (AvgIpc) is 2.59. The molecule has 1 heterocycles. The highest BCUT2D eigenvalue weighted by atomic mass is 16.2. The molecule has 19 heavy (non-hydrogen) atoms. The van der Waals surface area contributed by atoms with Crippen molar-refractivity contribution in [3.05, 3.63) is 0 Å². The van der Waals surface area contributed by atoms with Crippen LogP contribution in [0.1, 0.15) is 40.5 Å². The molecular formula is C14H27N3O2. The van der Waals surface area contributed by atoms with E-state index in [9.17, 15) is 9.59 Å². The number of nitrogens with one attached hydrogen (secondary N) is 1. The first-order valence-electron chi connectivity index (χ1n) is 7.14. The van der Waals surface area contributed by atoms with Gasteiger partial charge in [-0.2, -0.15) is 0 Å². The first-order chi connectivity index (χ1) is 8.83. The van der Waals surface area contributed by atoms with Gasteiger partial charge in [0.15, 0.2) is 0 Å². The Kier molecular flexibility index (Phi) is 5.63. The second kappa shape index (κ2) is 6.78. The van der Waals surface area contributed by atoms with E-state index in [1.54, 1.807) is 0 Å². The van der Waals surface area contributed by atoms with Gasteiger partial charge in [-0.25, -0.2) is 4.79 Å². The highest BCUT2D eigenvalue weighted by Gasteiger charge is 2.22. The van der Waals surface area contributed by atoms with Crippen molar-refractivity contribution in [1.82, 2.24) is 15.1 Å². The minimum Gasteiger partial charge on any atom is -0.341 e. The van der Waals surface area contributed by atoms with Crippen LogP contribution < -0.4 is 5.32 Å². The van der Waals surface area contributed by atoms with Crippen LogP contribution >= 0.6 is 0 Å². The lowest BCUT2D eigenvalue weighted by molar-refractivity contribution is -0.130. The third-order valence-electron chi connectivity index (χ3n) is 3.21. The maximum atomic E-state index is 12.1. The Morgan fingerprint density at radius 1 is 1.05 bits per heavy atom. The van der Waals surface area contributed by atoms with Crippen molar-refractivity contribution in [2.24, 2.45) is 5.41 Å². The summed E-state index contributed by atoms with van der Waals surface area (Å²) in [6.07, 6.45) is 1.39. The summed E-state index contributed by atoms with van der Waals surface area (Å²) in [5, 5.41) is 2.96. The first-order valence-corrected chi connectivity index (χ1v) is 7.14. The van der Waals surface area contributed by atoms with Gasteiger partial charge in [-0.05, 0) is 11.8 Å². The van der Waals surface area contributed by atoms with Crippen molar-refractivity contribution in [2.75, 3.05) is 32.7 Å². The number of carbonyl (C=O) groups is 2. The quantitative estimate of drug-likeness (QED) is 0.829. The Bertz CT molecular complexity index is 323. The maximum absolute atomic E-state index is 12.1. The van der Waals surface area contributed by atoms with Crippen LogP contribution in [-0.2, 0) is 4.79 Å². The standard InChI is InChI=1S/C14H27N3O2/c1-5-12(18)16-7-6-8-17(10-9-16)13(19)15-11-14(2,3)4/h5-11H2,1-4H3,(H,15,19). The van der Waals surface area contributed by atoms with Crippen molar-refractivity contribution < 1.29 is 9.59 Å². The summed E-state index contributed by atoms with van der Waals surface area (Å²) in [7, 11) is 0. The lowest BCUT2D eigenvalue weighted by Crippen LogP contribution is -2.44. The molecule has 5 heteroatoms. The zero-order chi connectivity index (χ0) is 14.5. The highest BCUT2D eigenvalue weighted by Crippen LogP contribution is 2.11. The Morgan fingerprint density at radius 3 is 2.21 bits per heavy atom. The molecule has 1 aliphatic rings. The lowest BCUT2D eigenvalue weighted by atomic mass is 9.97. The molecule has 3 amide bonds. The van der Waals surface area contributed by atoms with Crippen molar-refractivity contribution in [2.45, 2.75) is 40.5 Å². The fourth-order valence-electron chi connectivity index (χ4n) is 2.05. The monoisotopic (exact) mass is 269 g/mol. The van der Waals surface area contributed by atoms with Crippen LogP contribution in [0.15, 0.2) is 0 Å². The summed E-state index contributed by atoms with van der Waals surface area (Å²) >= 11 is 0. The van der Waals surface area contributed by atoms with E-state index in [1.807, 2.05) is 16.7 Å². The molecule has 0 aromatic heterocycles. The van der Waals surface area contributed by atoms with Gasteiger partial charge in [-0.15, -0.1) is 0 Å². The van der Waals surface area contributed by atoms with Crippen molar-refractivity contribution in [3.63, 3.8) is 0 Å². The van der Waals surface area contributed by atoms with Crippen molar-refractivity contribution in [1.29, 1.82) is 0 Å². The van der Waals surface area contributed by atoms with Crippen LogP contribution in [0.4, 0.5) is 4.79 Å². The van der Waals surface area contributed by atoms with Gasteiger partial charge in [0.2, 0.25) is 5.91 Å². The highest BCUT2D eigenvalue weighted by molar-refractivity contribution is 5.76. The predicted molar refractivity (Wildman–Crippen MR) is 75.9 cm³/mol. The van der Waals surface area contributed by atoms with E-state index in [1.165, 1.54) is 0 Å². The lowest BCUT2D eigenvalue weighted by Gasteiger charge is -2.25. The zero-order valence-electron chi connectivity index (χ0n) is 12.7. The Hall–Kier alpha value is -1.26. The van der Waals surface area contributed by atoms with Crippen LogP contribution in [0.5, 0.6) is 0 Å². The summed E-state index contributed by atoms with van der Waals surface area (Å²) in [6.45, 7) is 11.6. The summed E-state index contributed by atoms with van der Waals surface area (Å²) in [5.74, 6) is 0.178. The summed E-state index contributed by atoms with van der Waals surface area (Å²) in [4.78, 5) is 27.4. The fourth-order valence-corrected chi connectivity index (χ4v) is 2.05. The van der Waals surface area contributed by atoms with E-state index in [2.05, 4.69) is 26.1 Å². The normalized spacial score (nSPS) is 17.1. The first kappa shape index (κ1) is 15.8. The van der Waals surface area contributed by atoms with Crippen LogP contribution in [0, 0.1) is 5.41 Å². The number of carbonyl (C=O) groups excluding carboxylic acids is 2. The van der Waals surface area contributed by atoms with E-state index in [4.69, 9.17) is 0 Å². The second-order valence-corrected chi connectivity index (χ2v) is 6.29. The number of urea groups is 1. The molecular weight excluding hydrogens is 242 g/mol. The van der Waals surface area contributed by atoms with E-state index in [0.717, 1.165) is 19.5 Å². The van der Waals surface area contributed by atoms with Gasteiger partial charge in [0.05, 0.1) is 0 Å². The molecule has 1 aliphatic heterocycles. The summed E-state index contributed by atoms with van der Waals surface area (Å²) < 4.78 is 0. The smallest absolute Gasteiger partial charge is 0.317 e. The SMILES string of the molecule is CCC(=O)N1CCCN(C(=O)NCC(C)(C)C)CC1. The topological polar surface area (TPSA) is 52.7 Å². The molecule has 1 fully saturated rings. The molecule has 0 atom stereocenters. The number of rotatable bonds is 2. The van der Waals surface area contributed by atoms with Gasteiger partial charge in [0, 0.05) is 39.1 Å². The van der Waals surface area contributed by atoms with E-state index >= 15 is 0 Å². The average molecular weight is 269 g/mol. The van der Waals surface area contributed by atoms with Crippen molar-refractivity contribution in [3.8, 4) is 0 Å². The Balaban J connectivity index is 2.44. The van der Waals surface area contributed by atoms with Gasteiger partial charge >= 0.3 is 6.03 Å². The number of amides is 3. The van der Waals surface area contributed by atoms with Crippen molar-refractivity contribution >= 4 is 11.9 Å². The molecule has 0 aromatic rings. The molecule has 0 radical (unpaired) electrons. The summed E-state index contributed by atoms with van der Waals surface area (Å²) in [5.41, 5.74) is 0.0890. The Labute approximate surface area is 116 Å². The molecule has 0 unspecified atom stereocenters. The molecule has 0 saturated carbocycles. The Morgan fingerprint density at radius 2 is 1.63 bits per heavy atom. The third kappa shape index (κ3) is 5.49. The molecule has 1 rings (SSSR count). The minimum atomic E-state index is -0.0132. The largest absolute Gasteiger partial charge is 0.341 e. The van der Waals surface area contributed by atoms with E-state index in [0.29, 0.717) is 26.1 Å².